The highest BCUT2D eigenvalue weighted by atomic mass is 32.2. The van der Waals surface area contributed by atoms with E-state index in [0.717, 1.165) is 11.3 Å². The van der Waals surface area contributed by atoms with Gasteiger partial charge in [-0.3, -0.25) is 4.72 Å². The first-order valence-corrected chi connectivity index (χ1v) is 7.56. The van der Waals surface area contributed by atoms with Crippen LogP contribution >= 0.6 is 11.3 Å². The maximum atomic E-state index is 13.6. The van der Waals surface area contributed by atoms with E-state index in [4.69, 9.17) is 5.11 Å². The molecule has 0 amide bonds. The normalized spacial score (nSPS) is 11.4. The van der Waals surface area contributed by atoms with Gasteiger partial charge in [0, 0.05) is 0 Å². The number of nitrogens with zero attached hydrogens (tertiary/aromatic N) is 2. The van der Waals surface area contributed by atoms with Crippen LogP contribution in [0.25, 0.3) is 0 Å². The largest absolute Gasteiger partial charge is 0.478 e. The van der Waals surface area contributed by atoms with Crippen LogP contribution in [0.15, 0.2) is 17.0 Å². The second-order valence-corrected chi connectivity index (χ2v) is 6.64. The average molecular weight is 335 g/mol. The van der Waals surface area contributed by atoms with Gasteiger partial charge in [0.15, 0.2) is 11.6 Å². The summed E-state index contributed by atoms with van der Waals surface area (Å²) in [6, 6.07) is 0.919. The van der Waals surface area contributed by atoms with Crippen LogP contribution in [-0.2, 0) is 10.0 Å². The summed E-state index contributed by atoms with van der Waals surface area (Å²) in [7, 11) is -4.53. The summed E-state index contributed by atoms with van der Waals surface area (Å²) in [5.41, 5.74) is -0.692. The van der Waals surface area contributed by atoms with Crippen LogP contribution in [0.2, 0.25) is 0 Å². The van der Waals surface area contributed by atoms with Crippen molar-refractivity contribution in [3.05, 3.63) is 34.3 Å². The molecule has 11 heteroatoms. The SMILES string of the molecule is Cc1nnc(NS(=O)(=O)c2cc(C(=O)O)cc(F)c2F)s1. The summed E-state index contributed by atoms with van der Waals surface area (Å²) in [6.45, 7) is 1.57. The lowest BCUT2D eigenvalue weighted by Gasteiger charge is -2.07. The molecule has 0 unspecified atom stereocenters. The van der Waals surface area contributed by atoms with Crippen LogP contribution in [0.1, 0.15) is 15.4 Å². The molecule has 1 aromatic heterocycles. The van der Waals surface area contributed by atoms with E-state index in [9.17, 15) is 22.0 Å². The minimum absolute atomic E-state index is 0.145. The van der Waals surface area contributed by atoms with Crippen molar-refractivity contribution in [1.82, 2.24) is 10.2 Å². The van der Waals surface area contributed by atoms with Gasteiger partial charge >= 0.3 is 5.97 Å². The summed E-state index contributed by atoms with van der Waals surface area (Å²) in [5, 5.41) is 16.1. The molecule has 0 aliphatic carbocycles. The predicted molar refractivity (Wildman–Crippen MR) is 68.8 cm³/mol. The average Bonchev–Trinajstić information content (AvgIpc) is 2.76. The molecular weight excluding hydrogens is 328 g/mol. The number of benzene rings is 1. The van der Waals surface area contributed by atoms with Crippen LogP contribution in [0.5, 0.6) is 0 Å². The molecule has 0 bridgehead atoms. The van der Waals surface area contributed by atoms with Crippen molar-refractivity contribution in [2.24, 2.45) is 0 Å². The Morgan fingerprint density at radius 3 is 2.52 bits per heavy atom. The Balaban J connectivity index is 2.51. The van der Waals surface area contributed by atoms with Crippen molar-refractivity contribution >= 4 is 32.5 Å². The minimum Gasteiger partial charge on any atom is -0.478 e. The lowest BCUT2D eigenvalue weighted by molar-refractivity contribution is 0.0696. The molecule has 2 aromatic rings. The topological polar surface area (TPSA) is 109 Å². The molecule has 21 heavy (non-hydrogen) atoms. The van der Waals surface area contributed by atoms with E-state index in [1.807, 2.05) is 4.72 Å². The lowest BCUT2D eigenvalue weighted by atomic mass is 10.2. The highest BCUT2D eigenvalue weighted by molar-refractivity contribution is 7.93. The molecule has 2 N–H and O–H groups in total. The van der Waals surface area contributed by atoms with Gasteiger partial charge in [-0.2, -0.15) is 0 Å². The smallest absolute Gasteiger partial charge is 0.335 e. The molecular formula is C10H7F2N3O4S2. The van der Waals surface area contributed by atoms with Crippen LogP contribution < -0.4 is 4.72 Å². The van der Waals surface area contributed by atoms with Gasteiger partial charge in [0.05, 0.1) is 5.56 Å². The standard InChI is InChI=1S/C10H7F2N3O4S2/c1-4-13-14-10(20-4)15-21(18,19)7-3-5(9(16)17)2-6(11)8(7)12/h2-3H,1H3,(H,14,15)(H,16,17). The van der Waals surface area contributed by atoms with Gasteiger partial charge in [-0.25, -0.2) is 22.0 Å². The van der Waals surface area contributed by atoms with Crippen LogP contribution in [0.3, 0.4) is 0 Å². The number of aromatic nitrogens is 2. The third-order valence-corrected chi connectivity index (χ3v) is 4.50. The summed E-state index contributed by atoms with van der Waals surface area (Å²) in [6.07, 6.45) is 0. The van der Waals surface area contributed by atoms with E-state index in [1.54, 1.807) is 6.92 Å². The highest BCUT2D eigenvalue weighted by Crippen LogP contribution is 2.24. The molecule has 1 aromatic carbocycles. The number of nitrogens with one attached hydrogen (secondary N) is 1. The Bertz CT molecular complexity index is 820. The summed E-state index contributed by atoms with van der Waals surface area (Å²) >= 11 is 0.885. The first kappa shape index (κ1) is 15.3. The summed E-state index contributed by atoms with van der Waals surface area (Å²) in [4.78, 5) is 9.66. The van der Waals surface area contributed by atoms with Gasteiger partial charge in [-0.05, 0) is 19.1 Å². The number of carboxylic acid groups (broad SMARTS) is 1. The van der Waals surface area contributed by atoms with E-state index in [2.05, 4.69) is 10.2 Å². The maximum Gasteiger partial charge on any atom is 0.335 e. The van der Waals surface area contributed by atoms with Crippen molar-refractivity contribution in [2.45, 2.75) is 11.8 Å². The summed E-state index contributed by atoms with van der Waals surface area (Å²) in [5.74, 6) is -4.84. The van der Waals surface area contributed by atoms with Gasteiger partial charge in [0.1, 0.15) is 9.90 Å². The van der Waals surface area contributed by atoms with E-state index in [1.165, 1.54) is 0 Å². The number of aryl methyl sites for hydroxylation is 1. The number of carbonyl (C=O) groups is 1. The van der Waals surface area contributed by atoms with Gasteiger partial charge in [0.25, 0.3) is 10.0 Å². The first-order valence-electron chi connectivity index (χ1n) is 5.26. The number of hydrogen-bond acceptors (Lipinski definition) is 6. The Labute approximate surface area is 121 Å². The van der Waals surface area contributed by atoms with E-state index in [-0.39, 0.29) is 5.13 Å². The van der Waals surface area contributed by atoms with Crippen LogP contribution in [0.4, 0.5) is 13.9 Å². The fourth-order valence-electron chi connectivity index (χ4n) is 1.39. The molecule has 0 radical (unpaired) electrons. The van der Waals surface area contributed by atoms with E-state index >= 15 is 0 Å². The van der Waals surface area contributed by atoms with Crippen LogP contribution in [0, 0.1) is 18.6 Å². The first-order chi connectivity index (χ1) is 9.70. The van der Waals surface area contributed by atoms with Crippen LogP contribution in [-0.4, -0.2) is 29.7 Å². The Hall–Kier alpha value is -2.14. The Kier molecular flexibility index (Phi) is 3.87. The van der Waals surface area contributed by atoms with Gasteiger partial charge in [-0.15, -0.1) is 10.2 Å². The van der Waals surface area contributed by atoms with Gasteiger partial charge in [-0.1, -0.05) is 11.3 Å². The molecule has 0 saturated heterocycles. The van der Waals surface area contributed by atoms with Gasteiger partial charge < -0.3 is 5.11 Å². The molecule has 0 saturated carbocycles. The highest BCUT2D eigenvalue weighted by Gasteiger charge is 2.25. The van der Waals surface area contributed by atoms with Crippen molar-refractivity contribution in [2.75, 3.05) is 4.72 Å². The fraction of sp³-hybridized carbons (Fsp3) is 0.100. The zero-order chi connectivity index (χ0) is 15.8. The number of carboxylic acids is 1. The number of halogens is 2. The van der Waals surface area contributed by atoms with Gasteiger partial charge in [0.2, 0.25) is 5.13 Å². The second kappa shape index (κ2) is 5.33. The minimum atomic E-state index is -4.53. The number of hydrogen-bond donors (Lipinski definition) is 2. The van der Waals surface area contributed by atoms with E-state index in [0.29, 0.717) is 17.1 Å². The quantitative estimate of drug-likeness (QED) is 0.879. The number of aromatic carboxylic acids is 1. The molecule has 1 heterocycles. The molecule has 7 nitrogen and oxygen atoms in total. The number of rotatable bonds is 4. The Morgan fingerprint density at radius 1 is 1.33 bits per heavy atom. The van der Waals surface area contributed by atoms with E-state index < -0.39 is 38.1 Å². The molecule has 0 spiro atoms. The lowest BCUT2D eigenvalue weighted by Crippen LogP contribution is -2.16. The van der Waals surface area contributed by atoms with Crippen molar-refractivity contribution in [3.8, 4) is 0 Å². The second-order valence-electron chi connectivity index (χ2n) is 3.81. The zero-order valence-electron chi connectivity index (χ0n) is 10.3. The molecule has 0 atom stereocenters. The predicted octanol–water partition coefficient (Wildman–Crippen LogP) is 1.62. The number of sulfonamides is 1. The van der Waals surface area contributed by atoms with Crippen molar-refractivity contribution in [1.29, 1.82) is 0 Å². The maximum absolute atomic E-state index is 13.6. The third-order valence-electron chi connectivity index (χ3n) is 2.28. The Morgan fingerprint density at radius 2 is 2.00 bits per heavy atom. The molecule has 112 valence electrons. The monoisotopic (exact) mass is 335 g/mol. The fourth-order valence-corrected chi connectivity index (χ4v) is 3.33. The van der Waals surface area contributed by atoms with Crippen molar-refractivity contribution in [3.63, 3.8) is 0 Å². The molecule has 0 aliphatic heterocycles. The molecule has 2 rings (SSSR count). The van der Waals surface area contributed by atoms with Crippen molar-refractivity contribution < 1.29 is 27.1 Å². The molecule has 0 aliphatic rings. The third kappa shape index (κ3) is 3.13. The number of anilines is 1. The molecule has 0 fully saturated rings. The zero-order valence-corrected chi connectivity index (χ0v) is 11.9. The summed E-state index contributed by atoms with van der Waals surface area (Å²) < 4.78 is 52.8.